The Morgan fingerprint density at radius 1 is 1.26 bits per heavy atom. The largest absolute Gasteiger partial charge is 0.493 e. The van der Waals surface area contributed by atoms with Gasteiger partial charge in [0, 0.05) is 12.6 Å². The highest BCUT2D eigenvalue weighted by Crippen LogP contribution is 2.29. The first-order valence-corrected chi connectivity index (χ1v) is 6.79. The van der Waals surface area contributed by atoms with E-state index in [-0.39, 0.29) is 12.2 Å². The number of amides is 1. The summed E-state index contributed by atoms with van der Waals surface area (Å²) >= 11 is 0. The van der Waals surface area contributed by atoms with Crippen LogP contribution >= 0.6 is 0 Å². The predicted molar refractivity (Wildman–Crippen MR) is 81.7 cm³/mol. The second kappa shape index (κ2) is 7.41. The third-order valence-corrected chi connectivity index (χ3v) is 3.16. The number of rotatable bonds is 6. The predicted octanol–water partition coefficient (Wildman–Crippen LogP) is 0.250. The van der Waals surface area contributed by atoms with Gasteiger partial charge in [0.2, 0.25) is 0 Å². The highest BCUT2D eigenvalue weighted by molar-refractivity contribution is 5.91. The molecule has 0 fully saturated rings. The Bertz CT molecular complexity index is 724. The molecule has 1 amide bonds. The molecule has 0 saturated carbocycles. The molecule has 1 aromatic carbocycles. The van der Waals surface area contributed by atoms with Crippen LogP contribution in [0.15, 0.2) is 35.1 Å². The maximum Gasteiger partial charge on any atom is 0.271 e. The first-order chi connectivity index (χ1) is 11.0. The highest BCUT2D eigenvalue weighted by atomic mass is 16.5. The molecule has 1 atom stereocenters. The van der Waals surface area contributed by atoms with Crippen molar-refractivity contribution in [2.45, 2.75) is 6.10 Å². The molecule has 0 radical (unpaired) electrons. The van der Waals surface area contributed by atoms with E-state index >= 15 is 0 Å². The summed E-state index contributed by atoms with van der Waals surface area (Å²) in [6.45, 7) is -0.0187. The van der Waals surface area contributed by atoms with E-state index in [0.29, 0.717) is 17.1 Å². The van der Waals surface area contributed by atoms with Gasteiger partial charge in [-0.1, -0.05) is 6.07 Å². The minimum atomic E-state index is -0.929. The van der Waals surface area contributed by atoms with Gasteiger partial charge in [-0.25, -0.2) is 5.10 Å². The summed E-state index contributed by atoms with van der Waals surface area (Å²) in [5, 5.41) is 18.5. The smallest absolute Gasteiger partial charge is 0.271 e. The van der Waals surface area contributed by atoms with Gasteiger partial charge < -0.3 is 19.9 Å². The molecule has 1 unspecified atom stereocenters. The minimum absolute atomic E-state index is 0.0187. The number of aliphatic hydroxyl groups excluding tert-OH is 1. The van der Waals surface area contributed by atoms with Gasteiger partial charge in [0.05, 0.1) is 20.3 Å². The van der Waals surface area contributed by atoms with Crippen molar-refractivity contribution in [3.8, 4) is 11.5 Å². The van der Waals surface area contributed by atoms with E-state index in [0.717, 1.165) is 0 Å². The lowest BCUT2D eigenvalue weighted by Crippen LogP contribution is -2.29. The third-order valence-electron chi connectivity index (χ3n) is 3.16. The van der Waals surface area contributed by atoms with Gasteiger partial charge in [-0.05, 0) is 23.8 Å². The molecule has 0 saturated heterocycles. The van der Waals surface area contributed by atoms with Crippen LogP contribution in [0.2, 0.25) is 0 Å². The molecular weight excluding hydrogens is 302 g/mol. The van der Waals surface area contributed by atoms with Crippen LogP contribution in [0, 0.1) is 0 Å². The number of aliphatic hydroxyl groups is 1. The molecule has 1 heterocycles. The fourth-order valence-electron chi connectivity index (χ4n) is 1.93. The molecule has 23 heavy (non-hydrogen) atoms. The van der Waals surface area contributed by atoms with Gasteiger partial charge >= 0.3 is 0 Å². The normalized spacial score (nSPS) is 11.6. The Morgan fingerprint density at radius 2 is 2.00 bits per heavy atom. The fraction of sp³-hybridized carbons (Fsp3) is 0.267. The number of nitrogens with one attached hydrogen (secondary N) is 2. The maximum atomic E-state index is 11.9. The van der Waals surface area contributed by atoms with Crippen LogP contribution in [-0.4, -0.2) is 42.0 Å². The third kappa shape index (κ3) is 4.07. The van der Waals surface area contributed by atoms with E-state index in [9.17, 15) is 14.7 Å². The van der Waals surface area contributed by atoms with Gasteiger partial charge in [0.25, 0.3) is 11.5 Å². The number of H-pyrrole nitrogens is 1. The molecule has 0 aliphatic rings. The van der Waals surface area contributed by atoms with Crippen LogP contribution < -0.4 is 20.3 Å². The number of aromatic amines is 1. The molecule has 0 aliphatic carbocycles. The zero-order chi connectivity index (χ0) is 16.8. The minimum Gasteiger partial charge on any atom is -0.493 e. The topological polar surface area (TPSA) is 114 Å². The van der Waals surface area contributed by atoms with Crippen molar-refractivity contribution in [2.75, 3.05) is 20.8 Å². The van der Waals surface area contributed by atoms with Crippen molar-refractivity contribution in [1.29, 1.82) is 0 Å². The number of ether oxygens (including phenoxy) is 2. The summed E-state index contributed by atoms with van der Waals surface area (Å²) in [7, 11) is 3.02. The van der Waals surface area contributed by atoms with Gasteiger partial charge in [-0.15, -0.1) is 0 Å². The number of benzene rings is 1. The Labute approximate surface area is 132 Å². The maximum absolute atomic E-state index is 11.9. The lowest BCUT2D eigenvalue weighted by atomic mass is 10.1. The van der Waals surface area contributed by atoms with Crippen molar-refractivity contribution < 1.29 is 19.4 Å². The zero-order valence-corrected chi connectivity index (χ0v) is 12.7. The van der Waals surface area contributed by atoms with Crippen LogP contribution in [0.3, 0.4) is 0 Å². The number of methoxy groups -OCH3 is 2. The van der Waals surface area contributed by atoms with Gasteiger partial charge in [-0.3, -0.25) is 9.59 Å². The van der Waals surface area contributed by atoms with E-state index in [1.165, 1.54) is 26.4 Å². The number of carbonyl (C=O) groups is 1. The zero-order valence-electron chi connectivity index (χ0n) is 12.7. The Morgan fingerprint density at radius 3 is 2.61 bits per heavy atom. The molecule has 0 bridgehead atoms. The molecule has 2 rings (SSSR count). The van der Waals surface area contributed by atoms with Crippen LogP contribution in [-0.2, 0) is 0 Å². The van der Waals surface area contributed by atoms with E-state index in [1.807, 2.05) is 0 Å². The average molecular weight is 319 g/mol. The number of carbonyl (C=O) groups excluding carboxylic acids is 1. The lowest BCUT2D eigenvalue weighted by Gasteiger charge is -2.14. The quantitative estimate of drug-likeness (QED) is 0.703. The van der Waals surface area contributed by atoms with E-state index in [4.69, 9.17) is 9.47 Å². The molecule has 0 spiro atoms. The second-order valence-electron chi connectivity index (χ2n) is 4.65. The Kier molecular flexibility index (Phi) is 5.32. The number of aromatic nitrogens is 2. The van der Waals surface area contributed by atoms with Crippen molar-refractivity contribution >= 4 is 5.91 Å². The van der Waals surface area contributed by atoms with Gasteiger partial charge in [-0.2, -0.15) is 5.10 Å². The first-order valence-electron chi connectivity index (χ1n) is 6.79. The summed E-state index contributed by atoms with van der Waals surface area (Å²) in [6, 6.07) is 7.48. The Balaban J connectivity index is 2.01. The average Bonchev–Trinajstić information content (AvgIpc) is 2.59. The van der Waals surface area contributed by atoms with Crippen molar-refractivity contribution in [3.63, 3.8) is 0 Å². The summed E-state index contributed by atoms with van der Waals surface area (Å²) in [4.78, 5) is 22.8. The second-order valence-corrected chi connectivity index (χ2v) is 4.65. The van der Waals surface area contributed by atoms with E-state index in [2.05, 4.69) is 15.5 Å². The summed E-state index contributed by atoms with van der Waals surface area (Å²) in [5.74, 6) is 0.531. The molecule has 1 aromatic heterocycles. The fourth-order valence-corrected chi connectivity index (χ4v) is 1.93. The van der Waals surface area contributed by atoms with E-state index in [1.54, 1.807) is 18.2 Å². The number of hydrogen-bond donors (Lipinski definition) is 3. The van der Waals surface area contributed by atoms with Crippen LogP contribution in [0.25, 0.3) is 0 Å². The monoisotopic (exact) mass is 319 g/mol. The summed E-state index contributed by atoms with van der Waals surface area (Å²) in [6.07, 6.45) is -0.929. The van der Waals surface area contributed by atoms with Gasteiger partial charge in [0.15, 0.2) is 11.5 Å². The molecule has 122 valence electrons. The highest BCUT2D eigenvalue weighted by Gasteiger charge is 2.14. The number of nitrogens with zero attached hydrogens (tertiary/aromatic N) is 1. The number of hydrogen-bond acceptors (Lipinski definition) is 6. The molecule has 8 heteroatoms. The van der Waals surface area contributed by atoms with E-state index < -0.39 is 17.6 Å². The molecule has 3 N–H and O–H groups in total. The van der Waals surface area contributed by atoms with Gasteiger partial charge in [0.1, 0.15) is 5.69 Å². The summed E-state index contributed by atoms with van der Waals surface area (Å²) < 4.78 is 10.3. The lowest BCUT2D eigenvalue weighted by molar-refractivity contribution is 0.0910. The molecular formula is C15H17N3O5. The van der Waals surface area contributed by atoms with Crippen molar-refractivity contribution in [3.05, 3.63) is 51.9 Å². The van der Waals surface area contributed by atoms with Crippen molar-refractivity contribution in [2.24, 2.45) is 0 Å². The molecule has 0 aliphatic heterocycles. The molecule has 2 aromatic rings. The summed E-state index contributed by atoms with van der Waals surface area (Å²) in [5.41, 5.74) is 0.230. The standard InChI is InChI=1S/C15H17N3O5/c1-22-12-5-3-9(7-13(12)23-2)11(19)8-16-15(21)10-4-6-14(20)18-17-10/h3-7,11,19H,8H2,1-2H3,(H,16,21)(H,18,20). The van der Waals surface area contributed by atoms with Crippen LogP contribution in [0.5, 0.6) is 11.5 Å². The van der Waals surface area contributed by atoms with Crippen LogP contribution in [0.1, 0.15) is 22.2 Å². The first kappa shape index (κ1) is 16.5. The van der Waals surface area contributed by atoms with Crippen LogP contribution in [0.4, 0.5) is 0 Å². The molecule has 8 nitrogen and oxygen atoms in total. The SMILES string of the molecule is COc1ccc(C(O)CNC(=O)c2ccc(=O)[nH]n2)cc1OC. The van der Waals surface area contributed by atoms with Crippen molar-refractivity contribution in [1.82, 2.24) is 15.5 Å². The Hall–Kier alpha value is -2.87.